The van der Waals surface area contributed by atoms with E-state index in [1.807, 2.05) is 0 Å². The van der Waals surface area contributed by atoms with Crippen LogP contribution in [0.25, 0.3) is 0 Å². The third-order valence-electron chi connectivity index (χ3n) is 1.32. The Balaban J connectivity index is 3.03. The van der Waals surface area contributed by atoms with E-state index >= 15 is 0 Å². The van der Waals surface area contributed by atoms with Crippen LogP contribution >= 0.6 is 15.9 Å². The predicted molar refractivity (Wildman–Crippen MR) is 47.5 cm³/mol. The summed E-state index contributed by atoms with van der Waals surface area (Å²) in [6, 6.07) is 3.23. The van der Waals surface area contributed by atoms with Crippen molar-refractivity contribution < 1.29 is 0 Å². The summed E-state index contributed by atoms with van der Waals surface area (Å²) in [5.74, 6) is 0. The molecule has 1 aromatic rings. The second-order valence-electron chi connectivity index (χ2n) is 2.17. The summed E-state index contributed by atoms with van der Waals surface area (Å²) >= 11 is 3.27. The van der Waals surface area contributed by atoms with Crippen LogP contribution in [0.15, 0.2) is 27.6 Å². The first-order valence-electron chi connectivity index (χ1n) is 3.30. The Morgan fingerprint density at radius 1 is 1.55 bits per heavy atom. The summed E-state index contributed by atoms with van der Waals surface area (Å²) in [5.41, 5.74) is 5.29. The van der Waals surface area contributed by atoms with E-state index in [1.165, 1.54) is 6.07 Å². The van der Waals surface area contributed by atoms with Crippen LogP contribution in [0.1, 0.15) is 0 Å². The Morgan fingerprint density at radius 2 is 2.27 bits per heavy atom. The summed E-state index contributed by atoms with van der Waals surface area (Å²) in [4.78, 5) is 11.0. The standard InChI is InChI=1S/C7H9BrN2O/c8-6-1-2-7(11)10(5-6)4-3-9/h1-2,5H,3-4,9H2. The lowest BCUT2D eigenvalue weighted by atomic mass is 10.4. The highest BCUT2D eigenvalue weighted by Gasteiger charge is 1.93. The minimum atomic E-state index is -0.0151. The Labute approximate surface area is 73.0 Å². The molecule has 0 bridgehead atoms. The van der Waals surface area contributed by atoms with Gasteiger partial charge in [0.25, 0.3) is 5.56 Å². The summed E-state index contributed by atoms with van der Waals surface area (Å²) in [6.45, 7) is 1.05. The van der Waals surface area contributed by atoms with Crippen molar-refractivity contribution in [3.63, 3.8) is 0 Å². The van der Waals surface area contributed by atoms with Crippen molar-refractivity contribution in [2.45, 2.75) is 6.54 Å². The van der Waals surface area contributed by atoms with Gasteiger partial charge in [-0.15, -0.1) is 0 Å². The zero-order valence-electron chi connectivity index (χ0n) is 5.96. The third-order valence-corrected chi connectivity index (χ3v) is 1.79. The summed E-state index contributed by atoms with van der Waals surface area (Å²) < 4.78 is 2.47. The Bertz CT molecular complexity index is 295. The largest absolute Gasteiger partial charge is 0.329 e. The molecule has 0 spiro atoms. The van der Waals surface area contributed by atoms with E-state index in [-0.39, 0.29) is 5.56 Å². The first kappa shape index (κ1) is 8.49. The summed E-state index contributed by atoms with van der Waals surface area (Å²) in [7, 11) is 0. The fraction of sp³-hybridized carbons (Fsp3) is 0.286. The second kappa shape index (κ2) is 3.69. The smallest absolute Gasteiger partial charge is 0.250 e. The number of hydrogen-bond donors (Lipinski definition) is 1. The number of nitrogens with zero attached hydrogens (tertiary/aromatic N) is 1. The molecule has 0 aliphatic heterocycles. The van der Waals surface area contributed by atoms with Gasteiger partial charge in [0.1, 0.15) is 0 Å². The molecule has 0 saturated carbocycles. The molecule has 4 heteroatoms. The predicted octanol–water partition coefficient (Wildman–Crippen LogP) is 0.569. The Hall–Kier alpha value is -0.610. The lowest BCUT2D eigenvalue weighted by molar-refractivity contribution is 0.679. The molecule has 0 radical (unpaired) electrons. The molecular weight excluding hydrogens is 208 g/mol. The van der Waals surface area contributed by atoms with Gasteiger partial charge in [0.2, 0.25) is 0 Å². The fourth-order valence-electron chi connectivity index (χ4n) is 0.816. The van der Waals surface area contributed by atoms with E-state index in [0.717, 1.165) is 4.47 Å². The molecular formula is C7H9BrN2O. The molecule has 11 heavy (non-hydrogen) atoms. The van der Waals surface area contributed by atoms with Gasteiger partial charge in [-0.1, -0.05) is 0 Å². The van der Waals surface area contributed by atoms with Crippen molar-refractivity contribution >= 4 is 15.9 Å². The van der Waals surface area contributed by atoms with Gasteiger partial charge in [-0.05, 0) is 22.0 Å². The molecule has 2 N–H and O–H groups in total. The second-order valence-corrected chi connectivity index (χ2v) is 3.08. The minimum absolute atomic E-state index is 0.0151. The molecule has 0 atom stereocenters. The zero-order chi connectivity index (χ0) is 8.27. The van der Waals surface area contributed by atoms with Crippen molar-refractivity contribution in [1.82, 2.24) is 4.57 Å². The number of hydrogen-bond acceptors (Lipinski definition) is 2. The Morgan fingerprint density at radius 3 is 2.91 bits per heavy atom. The van der Waals surface area contributed by atoms with Gasteiger partial charge < -0.3 is 10.3 Å². The van der Waals surface area contributed by atoms with Crippen molar-refractivity contribution in [2.24, 2.45) is 5.73 Å². The molecule has 0 aromatic carbocycles. The summed E-state index contributed by atoms with van der Waals surface area (Å²) in [6.07, 6.45) is 1.73. The van der Waals surface area contributed by atoms with Gasteiger partial charge in [0.15, 0.2) is 0 Å². The average Bonchev–Trinajstić information content (AvgIpc) is 1.98. The van der Waals surface area contributed by atoms with Crippen LogP contribution in [0.3, 0.4) is 0 Å². The van der Waals surface area contributed by atoms with E-state index in [4.69, 9.17) is 5.73 Å². The molecule has 1 aromatic heterocycles. The number of aromatic nitrogens is 1. The van der Waals surface area contributed by atoms with Crippen LogP contribution in [0.2, 0.25) is 0 Å². The first-order chi connectivity index (χ1) is 5.24. The van der Waals surface area contributed by atoms with E-state index in [0.29, 0.717) is 13.1 Å². The third kappa shape index (κ3) is 2.17. The van der Waals surface area contributed by atoms with Gasteiger partial charge in [0, 0.05) is 29.8 Å². The maximum absolute atomic E-state index is 11.0. The molecule has 0 saturated heterocycles. The van der Waals surface area contributed by atoms with Crippen LogP contribution in [-0.2, 0) is 6.54 Å². The van der Waals surface area contributed by atoms with Crippen molar-refractivity contribution in [1.29, 1.82) is 0 Å². The number of nitrogens with two attached hydrogens (primary N) is 1. The molecule has 60 valence electrons. The van der Waals surface area contributed by atoms with E-state index in [9.17, 15) is 4.79 Å². The average molecular weight is 217 g/mol. The molecule has 3 nitrogen and oxygen atoms in total. The highest BCUT2D eigenvalue weighted by atomic mass is 79.9. The monoisotopic (exact) mass is 216 g/mol. The Kier molecular flexibility index (Phi) is 2.84. The fourth-order valence-corrected chi connectivity index (χ4v) is 1.20. The van der Waals surface area contributed by atoms with Crippen LogP contribution in [0.5, 0.6) is 0 Å². The normalized spacial score (nSPS) is 10.0. The molecule has 0 aliphatic carbocycles. The molecule has 0 aliphatic rings. The SMILES string of the molecule is NCCn1cc(Br)ccc1=O. The van der Waals surface area contributed by atoms with Crippen molar-refractivity contribution in [2.75, 3.05) is 6.54 Å². The minimum Gasteiger partial charge on any atom is -0.329 e. The van der Waals surface area contributed by atoms with Crippen LogP contribution in [0, 0.1) is 0 Å². The number of pyridine rings is 1. The maximum Gasteiger partial charge on any atom is 0.250 e. The number of halogens is 1. The van der Waals surface area contributed by atoms with Gasteiger partial charge in [-0.3, -0.25) is 4.79 Å². The molecule has 0 unspecified atom stereocenters. The quantitative estimate of drug-likeness (QED) is 0.787. The number of rotatable bonds is 2. The van der Waals surface area contributed by atoms with Gasteiger partial charge in [-0.25, -0.2) is 0 Å². The van der Waals surface area contributed by atoms with Gasteiger partial charge in [-0.2, -0.15) is 0 Å². The maximum atomic E-state index is 11.0. The van der Waals surface area contributed by atoms with E-state index in [1.54, 1.807) is 16.8 Å². The molecule has 0 amide bonds. The lowest BCUT2D eigenvalue weighted by Gasteiger charge is -2.01. The van der Waals surface area contributed by atoms with E-state index in [2.05, 4.69) is 15.9 Å². The highest BCUT2D eigenvalue weighted by molar-refractivity contribution is 9.10. The van der Waals surface area contributed by atoms with Crippen LogP contribution in [-0.4, -0.2) is 11.1 Å². The lowest BCUT2D eigenvalue weighted by Crippen LogP contribution is -2.22. The van der Waals surface area contributed by atoms with E-state index < -0.39 is 0 Å². The van der Waals surface area contributed by atoms with Crippen LogP contribution in [0.4, 0.5) is 0 Å². The van der Waals surface area contributed by atoms with Gasteiger partial charge in [0.05, 0.1) is 0 Å². The molecule has 1 heterocycles. The highest BCUT2D eigenvalue weighted by Crippen LogP contribution is 2.04. The molecule has 0 fully saturated rings. The van der Waals surface area contributed by atoms with Gasteiger partial charge >= 0.3 is 0 Å². The molecule has 1 rings (SSSR count). The van der Waals surface area contributed by atoms with Crippen molar-refractivity contribution in [3.8, 4) is 0 Å². The van der Waals surface area contributed by atoms with Crippen LogP contribution < -0.4 is 11.3 Å². The first-order valence-corrected chi connectivity index (χ1v) is 4.09. The topological polar surface area (TPSA) is 48.0 Å². The van der Waals surface area contributed by atoms with Crippen molar-refractivity contribution in [3.05, 3.63) is 33.2 Å². The summed E-state index contributed by atoms with van der Waals surface area (Å²) in [5, 5.41) is 0. The zero-order valence-corrected chi connectivity index (χ0v) is 7.54.